The molecule has 0 amide bonds. The molecule has 1 aliphatic rings. The lowest BCUT2D eigenvalue weighted by Crippen LogP contribution is -2.23. The molecule has 0 aromatic rings. The fourth-order valence-corrected chi connectivity index (χ4v) is 0.997. The summed E-state index contributed by atoms with van der Waals surface area (Å²) in [4.78, 5) is 4.27. The third-order valence-electron chi connectivity index (χ3n) is 1.69. The van der Waals surface area contributed by atoms with Crippen molar-refractivity contribution in [2.45, 2.75) is 13.3 Å². The van der Waals surface area contributed by atoms with E-state index in [4.69, 9.17) is 5.73 Å². The standard InChI is InChI=1S/C7H15N3/c1-6(5-8)4-7-9-2-3-10-7/h6H,2-5,8H2,1H3,(H,9,10). The molecule has 0 aromatic carbocycles. The third-order valence-corrected chi connectivity index (χ3v) is 1.69. The van der Waals surface area contributed by atoms with Crippen molar-refractivity contribution in [3.05, 3.63) is 0 Å². The highest BCUT2D eigenvalue weighted by Crippen LogP contribution is 2.01. The lowest BCUT2D eigenvalue weighted by molar-refractivity contribution is 0.616. The number of amidine groups is 1. The van der Waals surface area contributed by atoms with E-state index in [-0.39, 0.29) is 0 Å². The van der Waals surface area contributed by atoms with Gasteiger partial charge in [-0.3, -0.25) is 4.99 Å². The Kier molecular flexibility index (Phi) is 2.68. The van der Waals surface area contributed by atoms with Crippen molar-refractivity contribution in [3.63, 3.8) is 0 Å². The van der Waals surface area contributed by atoms with Gasteiger partial charge in [0, 0.05) is 13.0 Å². The molecule has 3 N–H and O–H groups in total. The van der Waals surface area contributed by atoms with Crippen molar-refractivity contribution >= 4 is 5.84 Å². The molecule has 58 valence electrons. The second-order valence-corrected chi connectivity index (χ2v) is 2.80. The van der Waals surface area contributed by atoms with Crippen molar-refractivity contribution in [1.82, 2.24) is 5.32 Å². The van der Waals surface area contributed by atoms with Gasteiger partial charge in [0.05, 0.1) is 12.4 Å². The zero-order chi connectivity index (χ0) is 7.40. The van der Waals surface area contributed by atoms with Gasteiger partial charge >= 0.3 is 0 Å². The Hall–Kier alpha value is -0.570. The number of nitrogens with two attached hydrogens (primary N) is 1. The second kappa shape index (κ2) is 3.56. The third kappa shape index (κ3) is 1.99. The lowest BCUT2D eigenvalue weighted by Gasteiger charge is -2.07. The van der Waals surface area contributed by atoms with Crippen molar-refractivity contribution < 1.29 is 0 Å². The molecular formula is C7H15N3. The molecule has 3 heteroatoms. The van der Waals surface area contributed by atoms with Gasteiger partial charge in [0.2, 0.25) is 0 Å². The van der Waals surface area contributed by atoms with Crippen LogP contribution in [0.25, 0.3) is 0 Å². The fourth-order valence-electron chi connectivity index (χ4n) is 0.997. The van der Waals surface area contributed by atoms with Crippen molar-refractivity contribution in [1.29, 1.82) is 0 Å². The average Bonchev–Trinajstić information content (AvgIpc) is 2.40. The molecule has 0 saturated carbocycles. The van der Waals surface area contributed by atoms with Crippen molar-refractivity contribution in [2.24, 2.45) is 16.6 Å². The first-order valence-corrected chi connectivity index (χ1v) is 3.80. The Morgan fingerprint density at radius 3 is 3.10 bits per heavy atom. The van der Waals surface area contributed by atoms with E-state index >= 15 is 0 Å². The maximum absolute atomic E-state index is 5.47. The number of nitrogens with zero attached hydrogens (tertiary/aromatic N) is 1. The van der Waals surface area contributed by atoms with Gasteiger partial charge in [-0.1, -0.05) is 6.92 Å². The smallest absolute Gasteiger partial charge is 0.0967 e. The highest BCUT2D eigenvalue weighted by atomic mass is 15.1. The molecule has 0 radical (unpaired) electrons. The summed E-state index contributed by atoms with van der Waals surface area (Å²) in [6.45, 7) is 4.84. The fraction of sp³-hybridized carbons (Fsp3) is 0.857. The van der Waals surface area contributed by atoms with Crippen LogP contribution >= 0.6 is 0 Å². The van der Waals surface area contributed by atoms with Crippen molar-refractivity contribution in [2.75, 3.05) is 19.6 Å². The van der Waals surface area contributed by atoms with E-state index in [1.54, 1.807) is 0 Å². The number of hydrogen-bond donors (Lipinski definition) is 2. The van der Waals surface area contributed by atoms with Crippen LogP contribution in [0.4, 0.5) is 0 Å². The van der Waals surface area contributed by atoms with Gasteiger partial charge < -0.3 is 11.1 Å². The summed E-state index contributed by atoms with van der Waals surface area (Å²) in [5.41, 5.74) is 5.47. The lowest BCUT2D eigenvalue weighted by atomic mass is 10.1. The first kappa shape index (κ1) is 7.54. The number of aliphatic imine (C=N–C) groups is 1. The Balaban J connectivity index is 2.23. The molecule has 0 spiro atoms. The molecule has 1 unspecified atom stereocenters. The Labute approximate surface area is 61.7 Å². The predicted octanol–water partition coefficient (Wildman–Crippen LogP) is -0.0270. The van der Waals surface area contributed by atoms with E-state index < -0.39 is 0 Å². The normalized spacial score (nSPS) is 20.0. The zero-order valence-corrected chi connectivity index (χ0v) is 6.43. The van der Waals surface area contributed by atoms with E-state index in [1.807, 2.05) is 0 Å². The van der Waals surface area contributed by atoms with Gasteiger partial charge in [-0.05, 0) is 12.5 Å². The van der Waals surface area contributed by atoms with Crippen LogP contribution in [0.1, 0.15) is 13.3 Å². The molecule has 1 rings (SSSR count). The highest BCUT2D eigenvalue weighted by molar-refractivity contribution is 5.83. The minimum absolute atomic E-state index is 0.560. The molecule has 10 heavy (non-hydrogen) atoms. The van der Waals surface area contributed by atoms with Gasteiger partial charge in [-0.15, -0.1) is 0 Å². The molecule has 0 aromatic heterocycles. The van der Waals surface area contributed by atoms with Gasteiger partial charge in [0.15, 0.2) is 0 Å². The first-order valence-electron chi connectivity index (χ1n) is 3.80. The van der Waals surface area contributed by atoms with Gasteiger partial charge in [-0.25, -0.2) is 0 Å². The molecule has 0 aliphatic carbocycles. The van der Waals surface area contributed by atoms with Crippen LogP contribution in [-0.4, -0.2) is 25.5 Å². The van der Waals surface area contributed by atoms with Crippen LogP contribution in [0.15, 0.2) is 4.99 Å². The predicted molar refractivity (Wildman–Crippen MR) is 43.1 cm³/mol. The van der Waals surface area contributed by atoms with Crippen LogP contribution in [0.2, 0.25) is 0 Å². The first-order chi connectivity index (χ1) is 4.83. The summed E-state index contributed by atoms with van der Waals surface area (Å²) >= 11 is 0. The molecular weight excluding hydrogens is 126 g/mol. The van der Waals surface area contributed by atoms with Crippen LogP contribution in [0, 0.1) is 5.92 Å². The second-order valence-electron chi connectivity index (χ2n) is 2.80. The van der Waals surface area contributed by atoms with E-state index in [0.717, 1.165) is 31.9 Å². The summed E-state index contributed by atoms with van der Waals surface area (Å²) in [5.74, 6) is 1.70. The highest BCUT2D eigenvalue weighted by Gasteiger charge is 2.07. The number of rotatable bonds is 3. The maximum atomic E-state index is 5.47. The average molecular weight is 141 g/mol. The largest absolute Gasteiger partial charge is 0.372 e. The van der Waals surface area contributed by atoms with Gasteiger partial charge in [0.25, 0.3) is 0 Å². The summed E-state index contributed by atoms with van der Waals surface area (Å²) in [6.07, 6.45) is 1.01. The zero-order valence-electron chi connectivity index (χ0n) is 6.43. The van der Waals surface area contributed by atoms with Crippen LogP contribution in [-0.2, 0) is 0 Å². The quantitative estimate of drug-likeness (QED) is 0.580. The summed E-state index contributed by atoms with van der Waals surface area (Å²) < 4.78 is 0. The minimum Gasteiger partial charge on any atom is -0.372 e. The topological polar surface area (TPSA) is 50.4 Å². The molecule has 1 atom stereocenters. The Morgan fingerprint density at radius 2 is 2.60 bits per heavy atom. The summed E-state index contributed by atoms with van der Waals surface area (Å²) in [7, 11) is 0. The Morgan fingerprint density at radius 1 is 1.80 bits per heavy atom. The number of nitrogens with one attached hydrogen (secondary N) is 1. The molecule has 0 bridgehead atoms. The summed E-state index contributed by atoms with van der Waals surface area (Å²) in [6, 6.07) is 0. The van der Waals surface area contributed by atoms with E-state index in [9.17, 15) is 0 Å². The molecule has 0 fully saturated rings. The monoisotopic (exact) mass is 141 g/mol. The summed E-state index contributed by atoms with van der Waals surface area (Å²) in [5, 5.41) is 3.22. The molecule has 1 aliphatic heterocycles. The molecule has 1 heterocycles. The Bertz CT molecular complexity index is 131. The van der Waals surface area contributed by atoms with Crippen LogP contribution < -0.4 is 11.1 Å². The van der Waals surface area contributed by atoms with Crippen molar-refractivity contribution in [3.8, 4) is 0 Å². The maximum Gasteiger partial charge on any atom is 0.0967 e. The molecule has 0 saturated heterocycles. The van der Waals surface area contributed by atoms with E-state index in [2.05, 4.69) is 17.2 Å². The molecule has 3 nitrogen and oxygen atoms in total. The van der Waals surface area contributed by atoms with Crippen LogP contribution in [0.3, 0.4) is 0 Å². The van der Waals surface area contributed by atoms with Gasteiger partial charge in [-0.2, -0.15) is 0 Å². The van der Waals surface area contributed by atoms with Crippen LogP contribution in [0.5, 0.6) is 0 Å². The SMILES string of the molecule is CC(CN)CC1=NCCN1. The number of hydrogen-bond acceptors (Lipinski definition) is 3. The minimum atomic E-state index is 0.560. The van der Waals surface area contributed by atoms with E-state index in [0.29, 0.717) is 5.92 Å². The van der Waals surface area contributed by atoms with Gasteiger partial charge in [0.1, 0.15) is 0 Å². The van der Waals surface area contributed by atoms with E-state index in [1.165, 1.54) is 0 Å².